The number of benzene rings is 2. The number of nitrogens with one attached hydrogen (secondary N) is 1. The highest BCUT2D eigenvalue weighted by Gasteiger charge is 2.22. The van der Waals surface area contributed by atoms with E-state index in [9.17, 15) is 4.79 Å². The normalized spacial score (nSPS) is 15.4. The second-order valence-electron chi connectivity index (χ2n) is 6.56. The molecule has 1 aliphatic heterocycles. The van der Waals surface area contributed by atoms with Crippen LogP contribution in [0.2, 0.25) is 0 Å². The Morgan fingerprint density at radius 2 is 1.84 bits per heavy atom. The molecule has 5 heteroatoms. The highest BCUT2D eigenvalue weighted by molar-refractivity contribution is 5.94. The first-order chi connectivity index (χ1) is 12.2. The van der Waals surface area contributed by atoms with Crippen molar-refractivity contribution in [2.75, 3.05) is 20.1 Å². The molecule has 1 aliphatic rings. The van der Waals surface area contributed by atoms with Crippen molar-refractivity contribution < 1.29 is 4.79 Å². The van der Waals surface area contributed by atoms with Crippen molar-refractivity contribution in [2.24, 2.45) is 0 Å². The molecule has 128 valence electrons. The minimum absolute atomic E-state index is 0.0868. The largest absolute Gasteiger partial charge is 0.339 e. The fourth-order valence-electron chi connectivity index (χ4n) is 3.49. The van der Waals surface area contributed by atoms with E-state index in [4.69, 9.17) is 0 Å². The zero-order valence-corrected chi connectivity index (χ0v) is 14.4. The molecule has 0 spiro atoms. The summed E-state index contributed by atoms with van der Waals surface area (Å²) in [6.07, 6.45) is 3.89. The van der Waals surface area contributed by atoms with E-state index in [0.717, 1.165) is 48.1 Å². The Morgan fingerprint density at radius 3 is 2.60 bits per heavy atom. The van der Waals surface area contributed by atoms with E-state index in [1.165, 1.54) is 0 Å². The molecule has 1 aromatic heterocycles. The van der Waals surface area contributed by atoms with Crippen molar-refractivity contribution >= 4 is 16.8 Å². The number of rotatable bonds is 3. The molecule has 1 fully saturated rings. The predicted molar refractivity (Wildman–Crippen MR) is 99.1 cm³/mol. The van der Waals surface area contributed by atoms with Crippen molar-refractivity contribution in [3.05, 3.63) is 60.3 Å². The molecule has 0 bridgehead atoms. The second-order valence-corrected chi connectivity index (χ2v) is 6.56. The van der Waals surface area contributed by atoms with E-state index in [-0.39, 0.29) is 5.91 Å². The number of para-hydroxylation sites is 1. The third-order valence-electron chi connectivity index (χ3n) is 5.01. The lowest BCUT2D eigenvalue weighted by atomic mass is 10.0. The molecule has 0 aliphatic carbocycles. The number of amides is 1. The number of fused-ring (bicyclic) bond motifs is 1. The maximum atomic E-state index is 12.7. The number of aromatic nitrogens is 2. The van der Waals surface area contributed by atoms with Crippen molar-refractivity contribution in [1.82, 2.24) is 20.0 Å². The van der Waals surface area contributed by atoms with Gasteiger partial charge in [-0.25, -0.2) is 4.68 Å². The van der Waals surface area contributed by atoms with Gasteiger partial charge >= 0.3 is 0 Å². The smallest absolute Gasteiger partial charge is 0.253 e. The van der Waals surface area contributed by atoms with Crippen molar-refractivity contribution in [1.29, 1.82) is 0 Å². The quantitative estimate of drug-likeness (QED) is 0.801. The van der Waals surface area contributed by atoms with Gasteiger partial charge in [-0.05, 0) is 56.3 Å². The standard InChI is InChI=1S/C20H22N4O/c1-23(17-10-12-21-13-11-17)20(25)15-6-8-18(9-7-15)24-19-5-3-2-4-16(19)14-22-24/h2-9,14,17,21H,10-13H2,1H3. The minimum Gasteiger partial charge on any atom is -0.339 e. The van der Waals surface area contributed by atoms with Crippen LogP contribution < -0.4 is 5.32 Å². The first-order valence-corrected chi connectivity index (χ1v) is 8.75. The van der Waals surface area contributed by atoms with Gasteiger partial charge in [-0.1, -0.05) is 18.2 Å². The van der Waals surface area contributed by atoms with Crippen molar-refractivity contribution in [3.63, 3.8) is 0 Å². The van der Waals surface area contributed by atoms with Gasteiger partial charge in [0.05, 0.1) is 17.4 Å². The molecule has 5 nitrogen and oxygen atoms in total. The Bertz CT molecular complexity index is 878. The highest BCUT2D eigenvalue weighted by atomic mass is 16.2. The van der Waals surface area contributed by atoms with Crippen LogP contribution in [0.15, 0.2) is 54.7 Å². The number of piperidine rings is 1. The number of carbonyl (C=O) groups is 1. The van der Waals surface area contributed by atoms with Crippen LogP contribution in [-0.4, -0.2) is 46.8 Å². The van der Waals surface area contributed by atoms with Crippen LogP contribution in [0.5, 0.6) is 0 Å². The van der Waals surface area contributed by atoms with Gasteiger partial charge in [0, 0.05) is 24.0 Å². The van der Waals surface area contributed by atoms with Crippen LogP contribution in [0.25, 0.3) is 16.6 Å². The summed E-state index contributed by atoms with van der Waals surface area (Å²) in [6, 6.07) is 16.1. The van der Waals surface area contributed by atoms with Crippen LogP contribution in [0, 0.1) is 0 Å². The molecule has 25 heavy (non-hydrogen) atoms. The van der Waals surface area contributed by atoms with E-state index in [1.807, 2.05) is 71.4 Å². The molecular formula is C20H22N4O. The highest BCUT2D eigenvalue weighted by Crippen LogP contribution is 2.19. The molecule has 4 rings (SSSR count). The van der Waals surface area contributed by atoms with Crippen LogP contribution >= 0.6 is 0 Å². The van der Waals surface area contributed by atoms with E-state index in [2.05, 4.69) is 10.4 Å². The number of hydrogen-bond acceptors (Lipinski definition) is 3. The Hall–Kier alpha value is -2.66. The molecule has 0 saturated carbocycles. The zero-order valence-electron chi connectivity index (χ0n) is 14.4. The Kier molecular flexibility index (Phi) is 4.24. The summed E-state index contributed by atoms with van der Waals surface area (Å²) in [7, 11) is 1.91. The second kappa shape index (κ2) is 6.69. The molecule has 1 amide bonds. The predicted octanol–water partition coefficient (Wildman–Crippen LogP) is 2.85. The van der Waals surface area contributed by atoms with Gasteiger partial charge in [0.1, 0.15) is 0 Å². The lowest BCUT2D eigenvalue weighted by Gasteiger charge is -2.31. The van der Waals surface area contributed by atoms with Crippen molar-refractivity contribution in [3.8, 4) is 5.69 Å². The van der Waals surface area contributed by atoms with Crippen LogP contribution in [0.4, 0.5) is 0 Å². The molecule has 0 radical (unpaired) electrons. The topological polar surface area (TPSA) is 50.2 Å². The maximum Gasteiger partial charge on any atom is 0.253 e. The summed E-state index contributed by atoms with van der Waals surface area (Å²) in [6.45, 7) is 1.96. The fraction of sp³-hybridized carbons (Fsp3) is 0.300. The first-order valence-electron chi connectivity index (χ1n) is 8.75. The molecule has 3 aromatic rings. The first kappa shape index (κ1) is 15.8. The molecule has 2 aromatic carbocycles. The SMILES string of the molecule is CN(C(=O)c1ccc(-n2ncc3ccccc32)cc1)C1CCNCC1. The third kappa shape index (κ3) is 3.03. The summed E-state index contributed by atoms with van der Waals surface area (Å²) < 4.78 is 1.90. The number of hydrogen-bond donors (Lipinski definition) is 1. The molecule has 1 N–H and O–H groups in total. The molecule has 2 heterocycles. The lowest BCUT2D eigenvalue weighted by molar-refractivity contribution is 0.0703. The third-order valence-corrected chi connectivity index (χ3v) is 5.01. The monoisotopic (exact) mass is 334 g/mol. The van der Waals surface area contributed by atoms with Crippen LogP contribution in [0.3, 0.4) is 0 Å². The van der Waals surface area contributed by atoms with Gasteiger partial charge in [0.15, 0.2) is 0 Å². The summed E-state index contributed by atoms with van der Waals surface area (Å²) in [4.78, 5) is 14.6. The lowest BCUT2D eigenvalue weighted by Crippen LogP contribution is -2.43. The molecular weight excluding hydrogens is 312 g/mol. The van der Waals surface area contributed by atoms with E-state index >= 15 is 0 Å². The summed E-state index contributed by atoms with van der Waals surface area (Å²) in [5.41, 5.74) is 2.75. The average Bonchev–Trinajstić information content (AvgIpc) is 3.12. The van der Waals surface area contributed by atoms with Gasteiger partial charge in [-0.3, -0.25) is 4.79 Å². The van der Waals surface area contributed by atoms with Gasteiger partial charge < -0.3 is 10.2 Å². The van der Waals surface area contributed by atoms with E-state index < -0.39 is 0 Å². The van der Waals surface area contributed by atoms with Gasteiger partial charge in [0.2, 0.25) is 0 Å². The van der Waals surface area contributed by atoms with Crippen LogP contribution in [-0.2, 0) is 0 Å². The molecule has 0 atom stereocenters. The van der Waals surface area contributed by atoms with Gasteiger partial charge in [-0.2, -0.15) is 5.10 Å². The van der Waals surface area contributed by atoms with Crippen LogP contribution in [0.1, 0.15) is 23.2 Å². The van der Waals surface area contributed by atoms with Gasteiger partial charge in [-0.15, -0.1) is 0 Å². The number of carbonyl (C=O) groups excluding carboxylic acids is 1. The zero-order chi connectivity index (χ0) is 17.2. The Morgan fingerprint density at radius 1 is 1.12 bits per heavy atom. The Labute approximate surface area is 147 Å². The summed E-state index contributed by atoms with van der Waals surface area (Å²) in [5.74, 6) is 0.0868. The van der Waals surface area contributed by atoms with Gasteiger partial charge in [0.25, 0.3) is 5.91 Å². The van der Waals surface area contributed by atoms with E-state index in [1.54, 1.807) is 0 Å². The average molecular weight is 334 g/mol. The maximum absolute atomic E-state index is 12.7. The Balaban J connectivity index is 1.56. The summed E-state index contributed by atoms with van der Waals surface area (Å²) >= 11 is 0. The molecule has 0 unspecified atom stereocenters. The minimum atomic E-state index is 0.0868. The number of nitrogens with zero attached hydrogens (tertiary/aromatic N) is 3. The summed E-state index contributed by atoms with van der Waals surface area (Å²) in [5, 5.41) is 8.91. The molecule has 1 saturated heterocycles. The van der Waals surface area contributed by atoms with E-state index in [0.29, 0.717) is 6.04 Å². The van der Waals surface area contributed by atoms with Crippen molar-refractivity contribution in [2.45, 2.75) is 18.9 Å². The fourth-order valence-corrected chi connectivity index (χ4v) is 3.49.